The Morgan fingerprint density at radius 2 is 1.23 bits per heavy atom. The summed E-state index contributed by atoms with van der Waals surface area (Å²) >= 11 is 0. The minimum absolute atomic E-state index is 0. The van der Waals surface area contributed by atoms with Gasteiger partial charge in [-0.1, -0.05) is 48.5 Å². The molecular formula is C35H28IN3+2. The van der Waals surface area contributed by atoms with E-state index in [-0.39, 0.29) is 30.0 Å². The zero-order chi connectivity index (χ0) is 25.3. The fourth-order valence-electron chi connectivity index (χ4n) is 5.84. The number of H-pyrrole nitrogens is 1. The van der Waals surface area contributed by atoms with Crippen molar-refractivity contribution in [1.82, 2.24) is 0 Å². The van der Waals surface area contributed by atoms with Crippen LogP contribution in [0, 0.1) is 0 Å². The number of halogens is 1. The molecule has 0 aliphatic carbocycles. The van der Waals surface area contributed by atoms with Gasteiger partial charge in [0.05, 0.1) is 11.1 Å². The zero-order valence-corrected chi connectivity index (χ0v) is 23.6. The van der Waals surface area contributed by atoms with Crippen molar-refractivity contribution in [2.24, 2.45) is 0 Å². The minimum Gasteiger partial charge on any atom is -1.00 e. The van der Waals surface area contributed by atoms with Gasteiger partial charge in [0.25, 0.3) is 0 Å². The van der Waals surface area contributed by atoms with Crippen LogP contribution >= 0.6 is 0 Å². The van der Waals surface area contributed by atoms with E-state index in [2.05, 4.69) is 148 Å². The highest BCUT2D eigenvalue weighted by atomic mass is 127. The molecule has 3 nitrogen and oxygen atoms in total. The van der Waals surface area contributed by atoms with Gasteiger partial charge >= 0.3 is 0 Å². The number of para-hydroxylation sites is 1. The van der Waals surface area contributed by atoms with Crippen LogP contribution in [0.15, 0.2) is 146 Å². The van der Waals surface area contributed by atoms with Gasteiger partial charge in [-0.25, -0.2) is 4.98 Å². The molecule has 4 heteroatoms. The van der Waals surface area contributed by atoms with Crippen molar-refractivity contribution in [3.05, 3.63) is 157 Å². The van der Waals surface area contributed by atoms with Gasteiger partial charge in [0.1, 0.15) is 5.56 Å². The number of fused-ring (bicyclic) bond motifs is 7. The van der Waals surface area contributed by atoms with E-state index >= 15 is 0 Å². The summed E-state index contributed by atoms with van der Waals surface area (Å²) < 4.78 is 4.80. The molecule has 0 amide bonds. The largest absolute Gasteiger partial charge is 1.00 e. The highest BCUT2D eigenvalue weighted by molar-refractivity contribution is 5.69. The van der Waals surface area contributed by atoms with E-state index in [1.54, 1.807) is 0 Å². The van der Waals surface area contributed by atoms with Crippen molar-refractivity contribution >= 4 is 0 Å². The van der Waals surface area contributed by atoms with Crippen LogP contribution in [0.25, 0.3) is 39.5 Å². The SMILES string of the molecule is [I-].c1ccc(-c2ccccc2C2Cc3ccccc3-c3cccc[n+]3-c3ccccc3-c3cccc[n+]32)[nH+]c1. The van der Waals surface area contributed by atoms with Gasteiger partial charge in [0.15, 0.2) is 24.6 Å². The molecule has 0 fully saturated rings. The maximum atomic E-state index is 3.47. The van der Waals surface area contributed by atoms with Crippen LogP contribution in [0.1, 0.15) is 17.2 Å². The predicted octanol–water partition coefficient (Wildman–Crippen LogP) is 3.22. The minimum atomic E-state index is 0. The summed E-state index contributed by atoms with van der Waals surface area (Å²) in [6, 6.07) is 45.8. The highest BCUT2D eigenvalue weighted by Crippen LogP contribution is 2.34. The molecule has 39 heavy (non-hydrogen) atoms. The monoisotopic (exact) mass is 617 g/mol. The third-order valence-electron chi connectivity index (χ3n) is 7.55. The van der Waals surface area contributed by atoms with E-state index in [1.807, 2.05) is 12.3 Å². The van der Waals surface area contributed by atoms with Crippen LogP contribution in [0.3, 0.4) is 0 Å². The Kier molecular flexibility index (Phi) is 7.03. The van der Waals surface area contributed by atoms with Crippen LogP contribution in [0.2, 0.25) is 0 Å². The van der Waals surface area contributed by atoms with Gasteiger partial charge in [-0.05, 0) is 42.0 Å². The number of aromatic nitrogens is 3. The Hall–Kier alpha value is -4.16. The van der Waals surface area contributed by atoms with Gasteiger partial charge in [0.2, 0.25) is 22.8 Å². The lowest BCUT2D eigenvalue weighted by atomic mass is 9.89. The molecule has 0 radical (unpaired) electrons. The van der Waals surface area contributed by atoms with Crippen LogP contribution < -0.4 is 38.1 Å². The Morgan fingerprint density at radius 1 is 0.564 bits per heavy atom. The molecule has 0 bridgehead atoms. The zero-order valence-electron chi connectivity index (χ0n) is 21.4. The molecule has 4 heterocycles. The van der Waals surface area contributed by atoms with Crippen molar-refractivity contribution in [1.29, 1.82) is 0 Å². The lowest BCUT2D eigenvalue weighted by molar-refractivity contribution is -0.703. The quantitative estimate of drug-likeness (QED) is 0.211. The third-order valence-corrected chi connectivity index (χ3v) is 7.55. The second kappa shape index (κ2) is 10.9. The second-order valence-electron chi connectivity index (χ2n) is 9.71. The van der Waals surface area contributed by atoms with Gasteiger partial charge in [-0.2, -0.15) is 9.13 Å². The van der Waals surface area contributed by atoms with Gasteiger partial charge in [-0.15, -0.1) is 0 Å². The number of nitrogens with zero attached hydrogens (tertiary/aromatic N) is 2. The summed E-state index contributed by atoms with van der Waals surface area (Å²) in [6.45, 7) is 0. The van der Waals surface area contributed by atoms with Crippen molar-refractivity contribution in [3.63, 3.8) is 0 Å². The number of hydrogen-bond acceptors (Lipinski definition) is 0. The topological polar surface area (TPSA) is 21.9 Å². The number of benzene rings is 3. The summed E-state index contributed by atoms with van der Waals surface area (Å²) in [7, 11) is 0. The second-order valence-corrected chi connectivity index (χ2v) is 9.71. The van der Waals surface area contributed by atoms with Gasteiger partial charge in [0, 0.05) is 54.4 Å². The first-order valence-corrected chi connectivity index (χ1v) is 13.1. The maximum Gasteiger partial charge on any atom is 0.225 e. The molecule has 1 aliphatic heterocycles. The molecular weight excluding hydrogens is 589 g/mol. The summed E-state index contributed by atoms with van der Waals surface area (Å²) in [6.07, 6.45) is 7.28. The van der Waals surface area contributed by atoms with Crippen molar-refractivity contribution in [2.75, 3.05) is 0 Å². The third kappa shape index (κ3) is 4.55. The van der Waals surface area contributed by atoms with E-state index in [9.17, 15) is 0 Å². The Bertz CT molecular complexity index is 1760. The predicted molar refractivity (Wildman–Crippen MR) is 149 cm³/mol. The molecule has 6 aromatic rings. The number of hydrogen-bond donors (Lipinski definition) is 0. The smallest absolute Gasteiger partial charge is 0.225 e. The molecule has 188 valence electrons. The molecule has 1 aliphatic rings. The first-order valence-electron chi connectivity index (χ1n) is 13.1. The molecule has 1 N–H and O–H groups in total. The first kappa shape index (κ1) is 25.1. The maximum absolute atomic E-state index is 3.47. The molecule has 1 unspecified atom stereocenters. The van der Waals surface area contributed by atoms with E-state index in [0.717, 1.165) is 12.1 Å². The van der Waals surface area contributed by atoms with Crippen molar-refractivity contribution in [3.8, 4) is 39.5 Å². The molecule has 3 aromatic carbocycles. The molecule has 0 saturated carbocycles. The standard InChI is InChI=1S/C35H27N3.HI/c1-2-14-27-26(13-1)25-35(29-16-4-3-15-28(29)31-18-7-10-22-36-31)38-24-12-9-21-34(38)30-17-5-6-19-33(30)37-23-11-8-20-32(27)37;/h1-24,35H,25H2;1H/q+2;. The average Bonchev–Trinajstić information content (AvgIpc) is 3.00. The van der Waals surface area contributed by atoms with Crippen LogP contribution in [0.4, 0.5) is 0 Å². The van der Waals surface area contributed by atoms with E-state index in [1.165, 1.54) is 44.9 Å². The molecule has 3 aromatic heterocycles. The molecule has 0 saturated heterocycles. The van der Waals surface area contributed by atoms with Gasteiger partial charge < -0.3 is 24.0 Å². The van der Waals surface area contributed by atoms with Crippen LogP contribution in [-0.2, 0) is 6.42 Å². The Morgan fingerprint density at radius 3 is 2.08 bits per heavy atom. The molecule has 7 rings (SSSR count). The van der Waals surface area contributed by atoms with Crippen LogP contribution in [-0.4, -0.2) is 0 Å². The normalized spacial score (nSPS) is 13.6. The van der Waals surface area contributed by atoms with Crippen LogP contribution in [0.5, 0.6) is 0 Å². The van der Waals surface area contributed by atoms with E-state index in [4.69, 9.17) is 0 Å². The lowest BCUT2D eigenvalue weighted by Crippen LogP contribution is -3.00. The lowest BCUT2D eigenvalue weighted by Gasteiger charge is -2.21. The fraction of sp³-hybridized carbons (Fsp3) is 0.0571. The van der Waals surface area contributed by atoms with Crippen molar-refractivity contribution in [2.45, 2.75) is 12.5 Å². The van der Waals surface area contributed by atoms with E-state index in [0.29, 0.717) is 0 Å². The molecule has 0 spiro atoms. The fourth-order valence-corrected chi connectivity index (χ4v) is 5.84. The molecule has 1 atom stereocenters. The van der Waals surface area contributed by atoms with Gasteiger partial charge in [-0.3, -0.25) is 0 Å². The highest BCUT2D eigenvalue weighted by Gasteiger charge is 2.34. The first-order chi connectivity index (χ1) is 18.9. The Labute approximate surface area is 246 Å². The van der Waals surface area contributed by atoms with Crippen molar-refractivity contribution < 1.29 is 38.1 Å². The number of rotatable bonds is 2. The Balaban J connectivity index is 0.00000277. The summed E-state index contributed by atoms with van der Waals surface area (Å²) in [5.41, 5.74) is 11.0. The summed E-state index contributed by atoms with van der Waals surface area (Å²) in [5, 5.41) is 0. The number of aromatic amines is 1. The summed E-state index contributed by atoms with van der Waals surface area (Å²) in [5.74, 6) is 0. The number of pyridine rings is 3. The van der Waals surface area contributed by atoms with E-state index < -0.39 is 0 Å². The average molecular weight is 618 g/mol. The summed E-state index contributed by atoms with van der Waals surface area (Å²) in [4.78, 5) is 3.47. The number of nitrogens with one attached hydrogen (secondary N) is 1.